The molecule has 1 aliphatic heterocycles. The number of carbonyl (C=O) groups excluding carboxylic acids is 2. The van der Waals surface area contributed by atoms with Crippen molar-refractivity contribution in [3.05, 3.63) is 0 Å². The van der Waals surface area contributed by atoms with Crippen LogP contribution in [0.2, 0.25) is 0 Å². The van der Waals surface area contributed by atoms with E-state index in [1.807, 2.05) is 0 Å². The Bertz CT molecular complexity index is 252. The molecule has 0 saturated carbocycles. The zero-order valence-electron chi connectivity index (χ0n) is 9.50. The summed E-state index contributed by atoms with van der Waals surface area (Å²) in [5.41, 5.74) is -0.610. The molecule has 1 fully saturated rings. The summed E-state index contributed by atoms with van der Waals surface area (Å²) in [5.74, 6) is -1.30. The molecule has 5 nitrogen and oxygen atoms in total. The zero-order valence-corrected chi connectivity index (χ0v) is 9.50. The Morgan fingerprint density at radius 2 is 1.73 bits per heavy atom. The summed E-state index contributed by atoms with van der Waals surface area (Å²) in [7, 11) is 0. The van der Waals surface area contributed by atoms with E-state index in [0.717, 1.165) is 13.1 Å². The Labute approximate surface area is 89.8 Å². The van der Waals surface area contributed by atoms with Crippen LogP contribution < -0.4 is 5.32 Å². The molecule has 0 bridgehead atoms. The lowest BCUT2D eigenvalue weighted by Crippen LogP contribution is -2.49. The van der Waals surface area contributed by atoms with Crippen LogP contribution in [0.4, 0.5) is 0 Å². The minimum Gasteiger partial charge on any atom is -0.453 e. The van der Waals surface area contributed by atoms with Crippen LogP contribution in [0.15, 0.2) is 0 Å². The first-order valence-electron chi connectivity index (χ1n) is 5.13. The van der Waals surface area contributed by atoms with E-state index in [1.165, 1.54) is 4.90 Å². The molecular formula is C10H18N2O3. The van der Waals surface area contributed by atoms with Gasteiger partial charge in [0, 0.05) is 26.2 Å². The summed E-state index contributed by atoms with van der Waals surface area (Å²) in [4.78, 5) is 24.5. The topological polar surface area (TPSA) is 58.6 Å². The summed E-state index contributed by atoms with van der Waals surface area (Å²) in [6.45, 7) is 7.83. The fraction of sp³-hybridized carbons (Fsp3) is 0.800. The average molecular weight is 214 g/mol. The van der Waals surface area contributed by atoms with Crippen LogP contribution >= 0.6 is 0 Å². The van der Waals surface area contributed by atoms with Crippen LogP contribution in [0, 0.1) is 0 Å². The number of hydrogen-bond acceptors (Lipinski definition) is 4. The summed E-state index contributed by atoms with van der Waals surface area (Å²) in [6, 6.07) is 0. The maximum absolute atomic E-state index is 11.6. The Hall–Kier alpha value is -1.10. The Morgan fingerprint density at radius 3 is 2.20 bits per heavy atom. The van der Waals surface area contributed by atoms with Crippen molar-refractivity contribution < 1.29 is 14.3 Å². The predicted molar refractivity (Wildman–Crippen MR) is 55.3 cm³/mol. The molecule has 0 aliphatic carbocycles. The molecule has 5 heteroatoms. The number of carbonyl (C=O) groups is 2. The van der Waals surface area contributed by atoms with Crippen molar-refractivity contribution >= 4 is 11.9 Å². The number of nitrogens with zero attached hydrogens (tertiary/aromatic N) is 1. The Balaban J connectivity index is 2.48. The van der Waals surface area contributed by atoms with Gasteiger partial charge in [-0.15, -0.1) is 0 Å². The van der Waals surface area contributed by atoms with Crippen LogP contribution in [-0.4, -0.2) is 48.6 Å². The van der Waals surface area contributed by atoms with E-state index in [0.29, 0.717) is 13.1 Å². The van der Waals surface area contributed by atoms with Crippen molar-refractivity contribution in [3.63, 3.8) is 0 Å². The van der Waals surface area contributed by atoms with E-state index in [-0.39, 0.29) is 0 Å². The molecule has 1 N–H and O–H groups in total. The molecule has 0 radical (unpaired) electrons. The van der Waals surface area contributed by atoms with Gasteiger partial charge < -0.3 is 15.0 Å². The molecule has 1 rings (SSSR count). The van der Waals surface area contributed by atoms with Gasteiger partial charge in [0.05, 0.1) is 0 Å². The first kappa shape index (κ1) is 12.0. The third-order valence-corrected chi connectivity index (χ3v) is 1.98. The number of amides is 1. The number of piperazine rings is 1. The minimum atomic E-state index is -0.760. The molecule has 0 atom stereocenters. The van der Waals surface area contributed by atoms with Crippen molar-refractivity contribution in [2.75, 3.05) is 26.2 Å². The van der Waals surface area contributed by atoms with E-state index in [4.69, 9.17) is 4.74 Å². The van der Waals surface area contributed by atoms with E-state index >= 15 is 0 Å². The lowest BCUT2D eigenvalue weighted by atomic mass is 10.2. The molecule has 1 aliphatic rings. The molecule has 1 heterocycles. The number of ether oxygens (including phenoxy) is 1. The van der Waals surface area contributed by atoms with Crippen molar-refractivity contribution in [1.82, 2.24) is 10.2 Å². The van der Waals surface area contributed by atoms with Gasteiger partial charge in [0.25, 0.3) is 0 Å². The predicted octanol–water partition coefficient (Wildman–Crippen LogP) is -0.240. The lowest BCUT2D eigenvalue weighted by Gasteiger charge is -2.28. The van der Waals surface area contributed by atoms with Gasteiger partial charge in [-0.3, -0.25) is 4.79 Å². The number of esters is 1. The molecule has 1 saturated heterocycles. The van der Waals surface area contributed by atoms with Crippen LogP contribution in [0.3, 0.4) is 0 Å². The highest BCUT2D eigenvalue weighted by Gasteiger charge is 2.28. The minimum absolute atomic E-state index is 0.536. The lowest BCUT2D eigenvalue weighted by molar-refractivity contribution is -0.168. The van der Waals surface area contributed by atoms with Gasteiger partial charge in [0.1, 0.15) is 5.60 Å². The summed E-state index contributed by atoms with van der Waals surface area (Å²) in [6.07, 6.45) is 0. The highest BCUT2D eigenvalue weighted by molar-refractivity contribution is 6.32. The van der Waals surface area contributed by atoms with E-state index < -0.39 is 17.5 Å². The van der Waals surface area contributed by atoms with Crippen LogP contribution in [0.1, 0.15) is 20.8 Å². The normalized spacial score (nSPS) is 17.4. The maximum Gasteiger partial charge on any atom is 0.397 e. The van der Waals surface area contributed by atoms with Gasteiger partial charge in [-0.25, -0.2) is 4.79 Å². The van der Waals surface area contributed by atoms with Gasteiger partial charge in [0.2, 0.25) is 0 Å². The standard InChI is InChI=1S/C10H18N2O3/c1-10(2,3)15-9(14)8(13)12-6-4-11-5-7-12/h11H,4-7H2,1-3H3. The second kappa shape index (κ2) is 4.61. The monoisotopic (exact) mass is 214 g/mol. The first-order valence-corrected chi connectivity index (χ1v) is 5.13. The second-order valence-corrected chi connectivity index (χ2v) is 4.54. The van der Waals surface area contributed by atoms with E-state index in [2.05, 4.69) is 5.32 Å². The first-order chi connectivity index (χ1) is 6.90. The van der Waals surface area contributed by atoms with Crippen molar-refractivity contribution in [2.45, 2.75) is 26.4 Å². The summed E-state index contributed by atoms with van der Waals surface area (Å²) >= 11 is 0. The molecule has 0 aromatic heterocycles. The van der Waals surface area contributed by atoms with Gasteiger partial charge in [-0.2, -0.15) is 0 Å². The zero-order chi connectivity index (χ0) is 11.5. The molecule has 15 heavy (non-hydrogen) atoms. The van der Waals surface area contributed by atoms with Gasteiger partial charge in [-0.05, 0) is 20.8 Å². The third kappa shape index (κ3) is 3.87. The molecule has 0 spiro atoms. The highest BCUT2D eigenvalue weighted by atomic mass is 16.6. The SMILES string of the molecule is CC(C)(C)OC(=O)C(=O)N1CCNCC1. The van der Waals surface area contributed by atoms with Crippen molar-refractivity contribution in [2.24, 2.45) is 0 Å². The molecule has 0 aromatic rings. The molecule has 1 amide bonds. The average Bonchev–Trinajstić information content (AvgIpc) is 2.15. The highest BCUT2D eigenvalue weighted by Crippen LogP contribution is 2.08. The smallest absolute Gasteiger partial charge is 0.397 e. The van der Waals surface area contributed by atoms with Crippen LogP contribution in [-0.2, 0) is 14.3 Å². The number of hydrogen-bond donors (Lipinski definition) is 1. The van der Waals surface area contributed by atoms with Crippen molar-refractivity contribution in [1.29, 1.82) is 0 Å². The van der Waals surface area contributed by atoms with Crippen LogP contribution in [0.5, 0.6) is 0 Å². The summed E-state index contributed by atoms with van der Waals surface area (Å²) in [5, 5.41) is 3.11. The maximum atomic E-state index is 11.6. The van der Waals surface area contributed by atoms with Crippen molar-refractivity contribution in [3.8, 4) is 0 Å². The fourth-order valence-electron chi connectivity index (χ4n) is 1.32. The number of nitrogens with one attached hydrogen (secondary N) is 1. The molecule has 0 unspecified atom stereocenters. The quantitative estimate of drug-likeness (QED) is 0.446. The fourth-order valence-corrected chi connectivity index (χ4v) is 1.32. The third-order valence-electron chi connectivity index (χ3n) is 1.98. The van der Waals surface area contributed by atoms with Gasteiger partial charge >= 0.3 is 11.9 Å². The van der Waals surface area contributed by atoms with Gasteiger partial charge in [0.15, 0.2) is 0 Å². The van der Waals surface area contributed by atoms with E-state index in [1.54, 1.807) is 20.8 Å². The number of rotatable bonds is 0. The second-order valence-electron chi connectivity index (χ2n) is 4.54. The molecule has 0 aromatic carbocycles. The van der Waals surface area contributed by atoms with E-state index in [9.17, 15) is 9.59 Å². The van der Waals surface area contributed by atoms with Crippen LogP contribution in [0.25, 0.3) is 0 Å². The van der Waals surface area contributed by atoms with Gasteiger partial charge in [-0.1, -0.05) is 0 Å². The summed E-state index contributed by atoms with van der Waals surface area (Å²) < 4.78 is 5.00. The Kier molecular flexibility index (Phi) is 3.68. The molecular weight excluding hydrogens is 196 g/mol. The largest absolute Gasteiger partial charge is 0.453 e. The Morgan fingerprint density at radius 1 is 1.20 bits per heavy atom. The molecule has 86 valence electrons.